The van der Waals surface area contributed by atoms with Crippen molar-refractivity contribution < 1.29 is 9.53 Å². The number of aryl methyl sites for hydroxylation is 1. The fraction of sp³-hybridized carbons (Fsp3) is 0.174. The van der Waals surface area contributed by atoms with Crippen molar-refractivity contribution in [2.45, 2.75) is 19.9 Å². The third-order valence-electron chi connectivity index (χ3n) is 5.00. The van der Waals surface area contributed by atoms with Gasteiger partial charge in [0.25, 0.3) is 5.91 Å². The molecule has 29 heavy (non-hydrogen) atoms. The number of fused-ring (bicyclic) bond motifs is 1. The Morgan fingerprint density at radius 3 is 2.62 bits per heavy atom. The van der Waals surface area contributed by atoms with E-state index in [4.69, 9.17) is 4.74 Å². The zero-order valence-corrected chi connectivity index (χ0v) is 16.6. The number of aromatic nitrogens is 3. The van der Waals surface area contributed by atoms with Crippen LogP contribution < -0.4 is 10.1 Å². The minimum absolute atomic E-state index is 0.134. The summed E-state index contributed by atoms with van der Waals surface area (Å²) in [5, 5.41) is 3.97. The van der Waals surface area contributed by atoms with Crippen molar-refractivity contribution in [3.05, 3.63) is 84.1 Å². The van der Waals surface area contributed by atoms with Gasteiger partial charge in [-0.25, -0.2) is 4.98 Å². The Bertz CT molecular complexity index is 1150. The van der Waals surface area contributed by atoms with E-state index < -0.39 is 0 Å². The molecule has 0 aliphatic heterocycles. The number of ether oxygens (including phenoxy) is 1. The van der Waals surface area contributed by atoms with Crippen LogP contribution in [0.15, 0.2) is 67.3 Å². The maximum atomic E-state index is 12.9. The van der Waals surface area contributed by atoms with Crippen molar-refractivity contribution in [2.24, 2.45) is 0 Å². The van der Waals surface area contributed by atoms with Gasteiger partial charge in [-0.3, -0.25) is 9.78 Å². The molecule has 2 aromatic carbocycles. The maximum absolute atomic E-state index is 12.9. The molecule has 0 saturated carbocycles. The van der Waals surface area contributed by atoms with Crippen LogP contribution in [-0.2, 0) is 0 Å². The van der Waals surface area contributed by atoms with Crippen LogP contribution in [0, 0.1) is 6.92 Å². The largest absolute Gasteiger partial charge is 0.497 e. The summed E-state index contributed by atoms with van der Waals surface area (Å²) in [5.74, 6) is 0.605. The van der Waals surface area contributed by atoms with E-state index in [2.05, 4.69) is 15.3 Å². The summed E-state index contributed by atoms with van der Waals surface area (Å²) >= 11 is 0. The van der Waals surface area contributed by atoms with Gasteiger partial charge in [0.05, 0.1) is 36.3 Å². The molecule has 0 bridgehead atoms. The first-order chi connectivity index (χ1) is 14.0. The molecule has 1 N–H and O–H groups in total. The maximum Gasteiger partial charge on any atom is 0.253 e. The van der Waals surface area contributed by atoms with Crippen LogP contribution in [0.25, 0.3) is 16.6 Å². The fourth-order valence-corrected chi connectivity index (χ4v) is 3.30. The van der Waals surface area contributed by atoms with Gasteiger partial charge in [-0.05, 0) is 49.7 Å². The zero-order chi connectivity index (χ0) is 20.4. The highest BCUT2D eigenvalue weighted by Gasteiger charge is 2.15. The molecular formula is C23H22N4O2. The molecule has 6 nitrogen and oxygen atoms in total. The van der Waals surface area contributed by atoms with Crippen LogP contribution in [0.1, 0.15) is 34.6 Å². The quantitative estimate of drug-likeness (QED) is 0.557. The van der Waals surface area contributed by atoms with E-state index in [1.165, 1.54) is 0 Å². The van der Waals surface area contributed by atoms with E-state index in [9.17, 15) is 4.79 Å². The summed E-state index contributed by atoms with van der Waals surface area (Å²) < 4.78 is 7.19. The average molecular weight is 386 g/mol. The van der Waals surface area contributed by atoms with Gasteiger partial charge < -0.3 is 14.6 Å². The second kappa shape index (κ2) is 7.75. The van der Waals surface area contributed by atoms with E-state index in [1.807, 2.05) is 73.1 Å². The minimum atomic E-state index is -0.140. The van der Waals surface area contributed by atoms with Crippen molar-refractivity contribution in [2.75, 3.05) is 7.11 Å². The molecule has 0 spiro atoms. The van der Waals surface area contributed by atoms with E-state index in [1.54, 1.807) is 19.6 Å². The third-order valence-corrected chi connectivity index (χ3v) is 5.00. The van der Waals surface area contributed by atoms with Crippen molar-refractivity contribution in [1.29, 1.82) is 0 Å². The van der Waals surface area contributed by atoms with Gasteiger partial charge in [-0.15, -0.1) is 0 Å². The van der Waals surface area contributed by atoms with E-state index in [0.717, 1.165) is 27.9 Å². The van der Waals surface area contributed by atoms with Gasteiger partial charge in [0.15, 0.2) is 0 Å². The van der Waals surface area contributed by atoms with Crippen LogP contribution in [-0.4, -0.2) is 27.6 Å². The number of imidazole rings is 1. The number of carbonyl (C=O) groups excluding carboxylic acids is 1. The van der Waals surface area contributed by atoms with Crippen LogP contribution >= 0.6 is 0 Å². The highest BCUT2D eigenvalue weighted by Crippen LogP contribution is 2.22. The van der Waals surface area contributed by atoms with E-state index in [-0.39, 0.29) is 11.9 Å². The predicted octanol–water partition coefficient (Wildman–Crippen LogP) is 4.23. The van der Waals surface area contributed by atoms with Gasteiger partial charge in [-0.1, -0.05) is 12.1 Å². The highest BCUT2D eigenvalue weighted by atomic mass is 16.5. The molecule has 0 radical (unpaired) electrons. The molecule has 2 aromatic heterocycles. The van der Waals surface area contributed by atoms with Gasteiger partial charge >= 0.3 is 0 Å². The van der Waals surface area contributed by atoms with Gasteiger partial charge in [-0.2, -0.15) is 0 Å². The van der Waals surface area contributed by atoms with Crippen molar-refractivity contribution >= 4 is 16.8 Å². The first-order valence-corrected chi connectivity index (χ1v) is 9.39. The summed E-state index contributed by atoms with van der Waals surface area (Å²) in [6.07, 6.45) is 5.39. The molecule has 1 atom stereocenters. The number of rotatable bonds is 5. The minimum Gasteiger partial charge on any atom is -0.497 e. The number of nitrogens with one attached hydrogen (secondary N) is 1. The second-order valence-corrected chi connectivity index (χ2v) is 6.94. The summed E-state index contributed by atoms with van der Waals surface area (Å²) in [4.78, 5) is 21.5. The Labute approximate surface area is 169 Å². The van der Waals surface area contributed by atoms with Crippen molar-refractivity contribution in [1.82, 2.24) is 19.9 Å². The summed E-state index contributed by atoms with van der Waals surface area (Å²) in [6, 6.07) is 15.4. The number of nitrogens with zero attached hydrogens (tertiary/aromatic N) is 3. The molecule has 1 amide bonds. The standard InChI is InChI=1S/C23H22N4O2/c1-15(17-4-7-19(8-5-17)27-11-10-24-14-27)26-23(28)21-12-18-6-9-20(29-3)13-22(18)25-16(21)2/h4-15H,1-3H3,(H,26,28). The molecule has 4 rings (SSSR count). The Balaban J connectivity index is 1.53. The van der Waals surface area contributed by atoms with Crippen molar-refractivity contribution in [3.8, 4) is 11.4 Å². The number of hydrogen-bond donors (Lipinski definition) is 1. The van der Waals surface area contributed by atoms with Gasteiger partial charge in [0.2, 0.25) is 0 Å². The monoisotopic (exact) mass is 386 g/mol. The number of pyridine rings is 1. The Morgan fingerprint density at radius 2 is 1.93 bits per heavy atom. The second-order valence-electron chi connectivity index (χ2n) is 6.94. The molecule has 2 heterocycles. The smallest absolute Gasteiger partial charge is 0.253 e. The first-order valence-electron chi connectivity index (χ1n) is 9.39. The fourth-order valence-electron chi connectivity index (χ4n) is 3.30. The molecule has 0 saturated heterocycles. The molecule has 4 aromatic rings. The molecule has 0 fully saturated rings. The average Bonchev–Trinajstić information content (AvgIpc) is 3.27. The molecule has 1 unspecified atom stereocenters. The predicted molar refractivity (Wildman–Crippen MR) is 112 cm³/mol. The lowest BCUT2D eigenvalue weighted by Gasteiger charge is -2.16. The summed E-state index contributed by atoms with van der Waals surface area (Å²) in [7, 11) is 1.62. The van der Waals surface area contributed by atoms with Gasteiger partial charge in [0, 0.05) is 29.5 Å². The van der Waals surface area contributed by atoms with Crippen LogP contribution in [0.4, 0.5) is 0 Å². The first kappa shape index (κ1) is 18.7. The number of benzene rings is 2. The Hall–Kier alpha value is -3.67. The summed E-state index contributed by atoms with van der Waals surface area (Å²) in [6.45, 7) is 3.82. The number of hydrogen-bond acceptors (Lipinski definition) is 4. The van der Waals surface area contributed by atoms with Gasteiger partial charge in [0.1, 0.15) is 5.75 Å². The topological polar surface area (TPSA) is 69.0 Å². The zero-order valence-electron chi connectivity index (χ0n) is 16.6. The molecule has 0 aliphatic rings. The molecular weight excluding hydrogens is 364 g/mol. The SMILES string of the molecule is COc1ccc2cc(C(=O)NC(C)c3ccc(-n4ccnc4)cc3)c(C)nc2c1. The normalized spacial score (nSPS) is 12.0. The Kier molecular flexibility index (Phi) is 4.99. The molecule has 6 heteroatoms. The number of amides is 1. The van der Waals surface area contributed by atoms with Crippen LogP contribution in [0.2, 0.25) is 0 Å². The lowest BCUT2D eigenvalue weighted by Crippen LogP contribution is -2.27. The third kappa shape index (κ3) is 3.82. The van der Waals surface area contributed by atoms with E-state index in [0.29, 0.717) is 11.3 Å². The Morgan fingerprint density at radius 1 is 1.14 bits per heavy atom. The van der Waals surface area contributed by atoms with Crippen molar-refractivity contribution in [3.63, 3.8) is 0 Å². The highest BCUT2D eigenvalue weighted by molar-refractivity contribution is 5.99. The lowest BCUT2D eigenvalue weighted by atomic mass is 10.1. The van der Waals surface area contributed by atoms with Crippen LogP contribution in [0.5, 0.6) is 5.75 Å². The van der Waals surface area contributed by atoms with E-state index >= 15 is 0 Å². The number of carbonyl (C=O) groups is 1. The van der Waals surface area contributed by atoms with Crippen LogP contribution in [0.3, 0.4) is 0 Å². The molecule has 146 valence electrons. The summed E-state index contributed by atoms with van der Waals surface area (Å²) in [5.41, 5.74) is 4.12. The molecule has 0 aliphatic carbocycles. The number of methoxy groups -OCH3 is 1. The lowest BCUT2D eigenvalue weighted by molar-refractivity contribution is 0.0939.